The Morgan fingerprint density at radius 3 is 2.25 bits per heavy atom. The van der Waals surface area contributed by atoms with Crippen LogP contribution >= 0.6 is 0 Å². The first-order chi connectivity index (χ1) is 15.2. The molecule has 0 spiro atoms. The summed E-state index contributed by atoms with van der Waals surface area (Å²) in [6, 6.07) is 9.31. The van der Waals surface area contributed by atoms with Crippen LogP contribution in [-0.4, -0.2) is 45.0 Å². The van der Waals surface area contributed by atoms with Gasteiger partial charge in [0, 0.05) is 12.2 Å². The summed E-state index contributed by atoms with van der Waals surface area (Å²) in [5.74, 6) is -4.84. The van der Waals surface area contributed by atoms with Gasteiger partial charge in [0.05, 0.1) is 23.2 Å². The molecule has 168 valence electrons. The predicted octanol–water partition coefficient (Wildman–Crippen LogP) is 2.33. The molecule has 0 radical (unpaired) electrons. The maximum Gasteiger partial charge on any atom is 0.341 e. The zero-order valence-corrected chi connectivity index (χ0v) is 17.5. The number of carbonyl (C=O) groups excluding carboxylic acids is 2. The third-order valence-electron chi connectivity index (χ3n) is 4.63. The number of rotatable bonds is 12. The summed E-state index contributed by atoms with van der Waals surface area (Å²) >= 11 is 0. The molecule has 9 nitrogen and oxygen atoms in total. The van der Waals surface area contributed by atoms with Crippen LogP contribution in [0.25, 0.3) is 11.8 Å². The van der Waals surface area contributed by atoms with Crippen molar-refractivity contribution in [2.24, 2.45) is 5.73 Å². The molecule has 0 aliphatic carbocycles. The molecule has 0 saturated heterocycles. The number of carboxylic acid groups (broad SMARTS) is 2. The highest BCUT2D eigenvalue weighted by Crippen LogP contribution is 2.33. The van der Waals surface area contributed by atoms with Crippen molar-refractivity contribution in [1.82, 2.24) is 4.57 Å². The van der Waals surface area contributed by atoms with Gasteiger partial charge in [-0.1, -0.05) is 43.8 Å². The second-order valence-corrected chi connectivity index (χ2v) is 6.75. The molecule has 32 heavy (non-hydrogen) atoms. The van der Waals surface area contributed by atoms with Gasteiger partial charge < -0.3 is 25.3 Å². The van der Waals surface area contributed by atoms with Crippen molar-refractivity contribution in [3.8, 4) is 0 Å². The molecule has 1 amide bonds. The molecule has 0 aliphatic rings. The quantitative estimate of drug-likeness (QED) is 0.260. The van der Waals surface area contributed by atoms with E-state index in [0.717, 1.165) is 11.6 Å². The molecule has 4 N–H and O–H groups in total. The fourth-order valence-corrected chi connectivity index (χ4v) is 3.38. The Kier molecular flexibility index (Phi) is 8.11. The highest BCUT2D eigenvalue weighted by atomic mass is 16.5. The van der Waals surface area contributed by atoms with Crippen molar-refractivity contribution in [3.63, 3.8) is 0 Å². The van der Waals surface area contributed by atoms with Gasteiger partial charge in [-0.05, 0) is 24.1 Å². The van der Waals surface area contributed by atoms with Crippen LogP contribution in [0.15, 0.2) is 43.0 Å². The molecule has 1 aromatic carbocycles. The standard InChI is InChI=1S/C23H24N2O7/c1-3-15-20(17(10-11-18(26)27)32-13-19(28)29)21(22(30)23(24)31)16(4-2)25(15)12-14-8-6-5-7-9-14/h3,5-10H,1,4,11-13H2,2H3,(H2,24,31)(H,26,27)(H,28,29)/b17-10+. The van der Waals surface area contributed by atoms with E-state index < -0.39 is 36.7 Å². The van der Waals surface area contributed by atoms with Crippen LogP contribution in [0.3, 0.4) is 0 Å². The molecule has 2 rings (SSSR count). The molecule has 0 atom stereocenters. The average molecular weight is 440 g/mol. The molecule has 0 fully saturated rings. The highest BCUT2D eigenvalue weighted by molar-refractivity contribution is 6.43. The van der Waals surface area contributed by atoms with Gasteiger partial charge in [-0.3, -0.25) is 14.4 Å². The number of ketones is 1. The number of nitrogens with zero attached hydrogens (tertiary/aromatic N) is 1. The number of hydrogen-bond acceptors (Lipinski definition) is 5. The monoisotopic (exact) mass is 440 g/mol. The lowest BCUT2D eigenvalue weighted by Crippen LogP contribution is -2.25. The molecule has 1 aromatic heterocycles. The van der Waals surface area contributed by atoms with E-state index in [4.69, 9.17) is 20.7 Å². The number of primary amides is 1. The van der Waals surface area contributed by atoms with E-state index in [-0.39, 0.29) is 16.9 Å². The second-order valence-electron chi connectivity index (χ2n) is 6.75. The van der Waals surface area contributed by atoms with Gasteiger partial charge in [-0.2, -0.15) is 0 Å². The summed E-state index contributed by atoms with van der Waals surface area (Å²) in [7, 11) is 0. The minimum Gasteiger partial charge on any atom is -0.481 e. The fraction of sp³-hybridized carbons (Fsp3) is 0.217. The van der Waals surface area contributed by atoms with Crippen molar-refractivity contribution in [1.29, 1.82) is 0 Å². The Balaban J connectivity index is 2.84. The minimum absolute atomic E-state index is 0.0622. The summed E-state index contributed by atoms with van der Waals surface area (Å²) < 4.78 is 7.11. The third-order valence-corrected chi connectivity index (χ3v) is 4.63. The van der Waals surface area contributed by atoms with Crippen molar-refractivity contribution in [2.45, 2.75) is 26.3 Å². The number of aromatic nitrogens is 1. The molecule has 2 aromatic rings. The maximum atomic E-state index is 12.8. The van der Waals surface area contributed by atoms with E-state index in [2.05, 4.69) is 6.58 Å². The van der Waals surface area contributed by atoms with Crippen LogP contribution in [-0.2, 0) is 32.1 Å². The lowest BCUT2D eigenvalue weighted by molar-refractivity contribution is -0.140. The third kappa shape index (κ3) is 5.51. The number of Topliss-reactive ketones (excluding diaryl/α,β-unsaturated/α-hetero) is 1. The zero-order valence-electron chi connectivity index (χ0n) is 17.5. The lowest BCUT2D eigenvalue weighted by atomic mass is 10.00. The molecule has 9 heteroatoms. The number of aliphatic carboxylic acids is 2. The van der Waals surface area contributed by atoms with Crippen LogP contribution in [0.4, 0.5) is 0 Å². The Bertz CT molecular complexity index is 1080. The van der Waals surface area contributed by atoms with E-state index in [9.17, 15) is 19.2 Å². The van der Waals surface area contributed by atoms with Gasteiger partial charge in [-0.15, -0.1) is 0 Å². The van der Waals surface area contributed by atoms with E-state index in [0.29, 0.717) is 24.4 Å². The molecule has 0 saturated carbocycles. The van der Waals surface area contributed by atoms with Crippen molar-refractivity contribution >= 4 is 35.5 Å². The normalized spacial score (nSPS) is 11.1. The largest absolute Gasteiger partial charge is 0.481 e. The second kappa shape index (κ2) is 10.8. The van der Waals surface area contributed by atoms with Gasteiger partial charge in [0.2, 0.25) is 0 Å². The molecule has 1 heterocycles. The van der Waals surface area contributed by atoms with Gasteiger partial charge >= 0.3 is 11.9 Å². The number of benzene rings is 1. The first-order valence-corrected chi connectivity index (χ1v) is 9.73. The lowest BCUT2D eigenvalue weighted by Gasteiger charge is -2.13. The Morgan fingerprint density at radius 1 is 1.09 bits per heavy atom. The summed E-state index contributed by atoms with van der Waals surface area (Å²) in [5.41, 5.74) is 7.04. The Hall–Kier alpha value is -4.14. The topological polar surface area (TPSA) is 149 Å². The number of hydrogen-bond donors (Lipinski definition) is 3. The van der Waals surface area contributed by atoms with Gasteiger partial charge in [0.15, 0.2) is 6.61 Å². The first-order valence-electron chi connectivity index (χ1n) is 9.73. The molecule has 0 aliphatic heterocycles. The van der Waals surface area contributed by atoms with Crippen LogP contribution < -0.4 is 5.73 Å². The summed E-state index contributed by atoms with van der Waals surface area (Å²) in [6.45, 7) is 5.11. The number of ether oxygens (including phenoxy) is 1. The fourth-order valence-electron chi connectivity index (χ4n) is 3.38. The molecular formula is C23H24N2O7. The summed E-state index contributed by atoms with van der Waals surface area (Å²) in [5, 5.41) is 18.1. The smallest absolute Gasteiger partial charge is 0.341 e. The van der Waals surface area contributed by atoms with Crippen LogP contribution in [0, 0.1) is 0 Å². The Morgan fingerprint density at radius 2 is 1.75 bits per heavy atom. The van der Waals surface area contributed by atoms with Crippen LogP contribution in [0.5, 0.6) is 0 Å². The van der Waals surface area contributed by atoms with Crippen LogP contribution in [0.1, 0.15) is 46.2 Å². The van der Waals surface area contributed by atoms with E-state index in [1.54, 1.807) is 11.5 Å². The van der Waals surface area contributed by atoms with E-state index >= 15 is 0 Å². The maximum absolute atomic E-state index is 12.8. The Labute approximate surface area is 184 Å². The number of carboxylic acids is 2. The predicted molar refractivity (Wildman–Crippen MR) is 117 cm³/mol. The first kappa shape index (κ1) is 24.1. The van der Waals surface area contributed by atoms with Gasteiger partial charge in [-0.25, -0.2) is 4.79 Å². The summed E-state index contributed by atoms with van der Waals surface area (Å²) in [6.07, 6.45) is 2.42. The zero-order chi connectivity index (χ0) is 23.8. The van der Waals surface area contributed by atoms with Crippen molar-refractivity contribution in [2.75, 3.05) is 6.61 Å². The van der Waals surface area contributed by atoms with Gasteiger partial charge in [0.1, 0.15) is 5.76 Å². The number of nitrogens with two attached hydrogens (primary N) is 1. The molecule has 0 bridgehead atoms. The number of carbonyl (C=O) groups is 4. The summed E-state index contributed by atoms with van der Waals surface area (Å²) in [4.78, 5) is 46.9. The van der Waals surface area contributed by atoms with Crippen LogP contribution in [0.2, 0.25) is 0 Å². The number of amides is 1. The van der Waals surface area contributed by atoms with E-state index in [1.165, 1.54) is 6.08 Å². The van der Waals surface area contributed by atoms with Crippen molar-refractivity contribution in [3.05, 3.63) is 71.1 Å². The SMILES string of the molecule is C=Cc1c(/C(=C\CC(=O)O)OCC(=O)O)c(C(=O)C(N)=O)c(CC)n1Cc1ccccc1. The minimum atomic E-state index is -1.30. The van der Waals surface area contributed by atoms with E-state index in [1.807, 2.05) is 30.3 Å². The highest BCUT2D eigenvalue weighted by Gasteiger charge is 2.31. The molecule has 0 unspecified atom stereocenters. The van der Waals surface area contributed by atoms with Crippen molar-refractivity contribution < 1.29 is 34.1 Å². The average Bonchev–Trinajstić information content (AvgIpc) is 3.06. The molecular weight excluding hydrogens is 416 g/mol. The van der Waals surface area contributed by atoms with Gasteiger partial charge in [0.25, 0.3) is 11.7 Å².